The van der Waals surface area contributed by atoms with Gasteiger partial charge in [0.2, 0.25) is 0 Å². The minimum atomic E-state index is -1.06. The normalized spacial score (nSPS) is 13.1. The van der Waals surface area contributed by atoms with E-state index in [1.165, 1.54) is 11.9 Å². The first kappa shape index (κ1) is 17.2. The van der Waals surface area contributed by atoms with Crippen molar-refractivity contribution in [3.63, 3.8) is 0 Å². The maximum Gasteiger partial charge on any atom is 0.128 e. The van der Waals surface area contributed by atoms with E-state index in [0.29, 0.717) is 12.6 Å². The summed E-state index contributed by atoms with van der Waals surface area (Å²) in [6, 6.07) is 1.12. The molecule has 4 nitrogen and oxygen atoms in total. The van der Waals surface area contributed by atoms with E-state index in [0.717, 1.165) is 18.3 Å². The molecule has 0 radical (unpaired) electrons. The second-order valence-electron chi connectivity index (χ2n) is 5.23. The average molecular weight is 290 g/mol. The number of nitrogens with two attached hydrogens (primary N) is 1. The summed E-state index contributed by atoms with van der Waals surface area (Å²) in [5.74, 6) is 0.511. The molecule has 0 atom stereocenters. The molecule has 0 aliphatic heterocycles. The van der Waals surface area contributed by atoms with Gasteiger partial charge in [-0.15, -0.1) is 0 Å². The smallest absolute Gasteiger partial charge is 0.128 e. The van der Waals surface area contributed by atoms with E-state index in [1.807, 2.05) is 6.92 Å². The van der Waals surface area contributed by atoms with Crippen LogP contribution in [-0.4, -0.2) is 32.0 Å². The Kier molecular flexibility index (Phi) is 7.98. The molecule has 2 N–H and O–H groups in total. The first-order valence-corrected chi connectivity index (χ1v) is 10.0. The Balaban J connectivity index is 4.32. The summed E-state index contributed by atoms with van der Waals surface area (Å²) in [5.41, 5.74) is 7.51. The maximum absolute atomic E-state index is 5.65. The van der Waals surface area contributed by atoms with Gasteiger partial charge in [0, 0.05) is 26.6 Å². The van der Waals surface area contributed by atoms with Crippen molar-refractivity contribution in [3.05, 3.63) is 24.3 Å². The zero-order chi connectivity index (χ0) is 14.2. The van der Waals surface area contributed by atoms with Crippen LogP contribution in [0.4, 0.5) is 0 Å². The van der Waals surface area contributed by atoms with Crippen LogP contribution in [0.1, 0.15) is 6.92 Å². The molecule has 0 saturated carbocycles. The molecule has 0 unspecified atom stereocenters. The molecule has 6 heteroatoms. The molecule has 0 aromatic carbocycles. The molecule has 0 aliphatic carbocycles. The predicted octanol–water partition coefficient (Wildman–Crippen LogP) is 3.16. The van der Waals surface area contributed by atoms with Gasteiger partial charge in [0.05, 0.1) is 5.67 Å². The molecule has 0 saturated heterocycles. The van der Waals surface area contributed by atoms with Gasteiger partial charge in [-0.2, -0.15) is 0 Å². The third-order valence-electron chi connectivity index (χ3n) is 2.39. The van der Waals surface area contributed by atoms with Crippen LogP contribution in [0.25, 0.3) is 0 Å². The van der Waals surface area contributed by atoms with E-state index in [-0.39, 0.29) is 0 Å². The Bertz CT molecular complexity index is 324. The first-order chi connectivity index (χ1) is 8.31. The van der Waals surface area contributed by atoms with Crippen LogP contribution in [0.15, 0.2) is 29.3 Å². The minimum absolute atomic E-state index is 0.386. The summed E-state index contributed by atoms with van der Waals surface area (Å²) < 4.78 is 5.65. The largest absolute Gasteiger partial charge is 0.403 e. The Morgan fingerprint density at radius 3 is 2.56 bits per heavy atom. The molecule has 18 heavy (non-hydrogen) atoms. The van der Waals surface area contributed by atoms with E-state index < -0.39 is 8.07 Å². The highest BCUT2D eigenvalue weighted by Gasteiger charge is 2.13. The molecule has 0 fully saturated rings. The Morgan fingerprint density at radius 1 is 1.50 bits per heavy atom. The van der Waals surface area contributed by atoms with E-state index in [1.54, 1.807) is 4.90 Å². The van der Waals surface area contributed by atoms with Gasteiger partial charge in [0.1, 0.15) is 12.6 Å². The summed E-state index contributed by atoms with van der Waals surface area (Å²) in [5, 5.41) is 0. The van der Waals surface area contributed by atoms with Gasteiger partial charge in [-0.1, -0.05) is 37.8 Å². The fourth-order valence-electron chi connectivity index (χ4n) is 1.13. The highest BCUT2D eigenvalue weighted by atomic mass is 35.5. The summed E-state index contributed by atoms with van der Waals surface area (Å²) in [6.07, 6.45) is 1.50. The molecule has 104 valence electrons. The van der Waals surface area contributed by atoms with E-state index >= 15 is 0 Å². The highest BCUT2D eigenvalue weighted by Crippen LogP contribution is 2.13. The van der Waals surface area contributed by atoms with Gasteiger partial charge >= 0.3 is 0 Å². The van der Waals surface area contributed by atoms with Gasteiger partial charge in [0.25, 0.3) is 0 Å². The molecule has 0 amide bonds. The topological polar surface area (TPSA) is 50.8 Å². The lowest BCUT2D eigenvalue weighted by atomic mass is 10.4. The number of hydrogen-bond acceptors (Lipinski definition) is 4. The quantitative estimate of drug-likeness (QED) is 0.323. The summed E-state index contributed by atoms with van der Waals surface area (Å²) in [7, 11) is -1.06. The van der Waals surface area contributed by atoms with Crippen molar-refractivity contribution in [2.75, 3.05) is 13.3 Å². The standard InChI is InChI=1S/C12H24ClN3OSi/c1-11(8-14)16(12(2)15-9-13)10-17-6-7-18(3,4)5/h8-9H,2,6-7,10,14H2,1,3-5H3/b11-8+,15-9?. The van der Waals surface area contributed by atoms with Gasteiger partial charge in [0.15, 0.2) is 0 Å². The summed E-state index contributed by atoms with van der Waals surface area (Å²) in [6.45, 7) is 13.8. The zero-order valence-corrected chi connectivity index (χ0v) is 13.5. The third kappa shape index (κ3) is 7.52. The average Bonchev–Trinajstić information content (AvgIpc) is 2.27. The number of nitrogens with zero attached hydrogens (tertiary/aromatic N) is 2. The van der Waals surface area contributed by atoms with Gasteiger partial charge in [-0.05, 0) is 13.0 Å². The number of rotatable bonds is 8. The number of ether oxygens (including phenoxy) is 1. The van der Waals surface area contributed by atoms with Crippen molar-refractivity contribution in [3.8, 4) is 0 Å². The fourth-order valence-corrected chi connectivity index (χ4v) is 2.00. The molecule has 0 aromatic rings. The van der Waals surface area contributed by atoms with Crippen LogP contribution < -0.4 is 5.73 Å². The van der Waals surface area contributed by atoms with Crippen LogP contribution in [0.5, 0.6) is 0 Å². The summed E-state index contributed by atoms with van der Waals surface area (Å²) >= 11 is 5.44. The molecule has 0 aromatic heterocycles. The van der Waals surface area contributed by atoms with Crippen molar-refractivity contribution in [2.24, 2.45) is 10.7 Å². The monoisotopic (exact) mass is 289 g/mol. The van der Waals surface area contributed by atoms with Crippen molar-refractivity contribution in [1.29, 1.82) is 0 Å². The van der Waals surface area contributed by atoms with Crippen LogP contribution in [0.2, 0.25) is 25.7 Å². The van der Waals surface area contributed by atoms with Crippen molar-refractivity contribution >= 4 is 25.3 Å². The fraction of sp³-hybridized carbons (Fsp3) is 0.583. The second-order valence-corrected chi connectivity index (χ2v) is 11.0. The Labute approximate surface area is 116 Å². The predicted molar refractivity (Wildman–Crippen MR) is 82.2 cm³/mol. The third-order valence-corrected chi connectivity index (χ3v) is 4.19. The van der Waals surface area contributed by atoms with E-state index in [9.17, 15) is 0 Å². The SMILES string of the molecule is C=C(N=CCl)N(COCC[Si](C)(C)C)/C(C)=C/N. The number of allylic oxidation sites excluding steroid dienone is 1. The molecule has 0 aliphatic rings. The van der Waals surface area contributed by atoms with E-state index in [2.05, 4.69) is 31.2 Å². The minimum Gasteiger partial charge on any atom is -0.403 e. The molecular formula is C12H24ClN3OSi. The summed E-state index contributed by atoms with van der Waals surface area (Å²) in [4.78, 5) is 5.71. The van der Waals surface area contributed by atoms with Gasteiger partial charge in [-0.3, -0.25) is 0 Å². The second kappa shape index (κ2) is 8.34. The van der Waals surface area contributed by atoms with Crippen molar-refractivity contribution in [2.45, 2.75) is 32.6 Å². The molecular weight excluding hydrogens is 266 g/mol. The lowest BCUT2D eigenvalue weighted by Crippen LogP contribution is -2.27. The van der Waals surface area contributed by atoms with Crippen LogP contribution in [-0.2, 0) is 4.74 Å². The molecule has 0 rings (SSSR count). The van der Waals surface area contributed by atoms with Gasteiger partial charge < -0.3 is 15.4 Å². The van der Waals surface area contributed by atoms with Crippen LogP contribution in [0.3, 0.4) is 0 Å². The Hall–Kier alpha value is -0.783. The first-order valence-electron chi connectivity index (χ1n) is 5.87. The zero-order valence-electron chi connectivity index (χ0n) is 11.7. The molecule has 0 spiro atoms. The molecule has 0 bridgehead atoms. The lowest BCUT2D eigenvalue weighted by molar-refractivity contribution is 0.0718. The lowest BCUT2D eigenvalue weighted by Gasteiger charge is -2.25. The highest BCUT2D eigenvalue weighted by molar-refractivity contribution is 6.76. The van der Waals surface area contributed by atoms with Crippen LogP contribution >= 0.6 is 11.6 Å². The van der Waals surface area contributed by atoms with Crippen molar-refractivity contribution in [1.82, 2.24) is 4.90 Å². The number of halogens is 1. The Morgan fingerprint density at radius 2 is 2.11 bits per heavy atom. The van der Waals surface area contributed by atoms with Crippen LogP contribution in [0, 0.1) is 0 Å². The van der Waals surface area contributed by atoms with Gasteiger partial charge in [-0.25, -0.2) is 4.99 Å². The van der Waals surface area contributed by atoms with Crippen molar-refractivity contribution < 1.29 is 4.74 Å². The number of aliphatic imine (C=N–C) groups is 1. The number of hydrogen-bond donors (Lipinski definition) is 1. The van der Waals surface area contributed by atoms with E-state index in [4.69, 9.17) is 22.1 Å². The molecule has 0 heterocycles. The maximum atomic E-state index is 5.65.